The van der Waals surface area contributed by atoms with Crippen LogP contribution < -0.4 is 25.4 Å². The molecule has 0 spiro atoms. The van der Waals surface area contributed by atoms with Crippen LogP contribution in [0.5, 0.6) is 11.6 Å². The topological polar surface area (TPSA) is 97.4 Å². The molecule has 0 radical (unpaired) electrons. The number of hydrogen-bond donors (Lipinski definition) is 3. The van der Waals surface area contributed by atoms with Crippen molar-refractivity contribution < 1.29 is 14.3 Å². The van der Waals surface area contributed by atoms with E-state index in [1.165, 1.54) is 0 Å². The van der Waals surface area contributed by atoms with Crippen LogP contribution in [0.4, 0.5) is 27.7 Å². The Labute approximate surface area is 182 Å². The van der Waals surface area contributed by atoms with Gasteiger partial charge in [0.15, 0.2) is 0 Å². The fourth-order valence-corrected chi connectivity index (χ4v) is 2.90. The highest BCUT2D eigenvalue weighted by molar-refractivity contribution is 6.00. The molecule has 31 heavy (non-hydrogen) atoms. The van der Waals surface area contributed by atoms with E-state index in [1.54, 1.807) is 25.3 Å². The summed E-state index contributed by atoms with van der Waals surface area (Å²) in [5, 5.41) is 8.85. The van der Waals surface area contributed by atoms with Gasteiger partial charge in [-0.3, -0.25) is 0 Å². The number of urea groups is 1. The Morgan fingerprint density at radius 2 is 1.65 bits per heavy atom. The van der Waals surface area contributed by atoms with Crippen LogP contribution in [0.2, 0.25) is 0 Å². The molecule has 0 atom stereocenters. The van der Waals surface area contributed by atoms with Crippen molar-refractivity contribution in [2.45, 2.75) is 33.8 Å². The van der Waals surface area contributed by atoms with Gasteiger partial charge in [-0.25, -0.2) is 9.78 Å². The Kier molecular flexibility index (Phi) is 6.92. The van der Waals surface area contributed by atoms with E-state index in [-0.39, 0.29) is 12.1 Å². The van der Waals surface area contributed by atoms with Crippen molar-refractivity contribution in [1.29, 1.82) is 0 Å². The van der Waals surface area contributed by atoms with Gasteiger partial charge in [0.05, 0.1) is 18.9 Å². The van der Waals surface area contributed by atoms with Crippen LogP contribution in [0.15, 0.2) is 48.5 Å². The highest BCUT2D eigenvalue weighted by Crippen LogP contribution is 2.26. The second-order valence-corrected chi connectivity index (χ2v) is 7.29. The van der Waals surface area contributed by atoms with Crippen molar-refractivity contribution in [2.24, 2.45) is 0 Å². The molecule has 0 unspecified atom stereocenters. The molecule has 0 aliphatic rings. The first-order valence-electron chi connectivity index (χ1n) is 9.94. The molecule has 162 valence electrons. The number of benzene rings is 2. The molecule has 0 saturated carbocycles. The number of rotatable bonds is 7. The monoisotopic (exact) mass is 421 g/mol. The summed E-state index contributed by atoms with van der Waals surface area (Å²) in [5.41, 5.74) is 3.10. The minimum Gasteiger partial charge on any atom is -0.495 e. The lowest BCUT2D eigenvalue weighted by molar-refractivity contribution is 0.232. The van der Waals surface area contributed by atoms with Gasteiger partial charge in [0.2, 0.25) is 5.88 Å². The molecule has 8 nitrogen and oxygen atoms in total. The maximum Gasteiger partial charge on any atom is 0.323 e. The number of methoxy groups -OCH3 is 1. The number of anilines is 4. The van der Waals surface area contributed by atoms with Gasteiger partial charge < -0.3 is 25.4 Å². The smallest absolute Gasteiger partial charge is 0.323 e. The van der Waals surface area contributed by atoms with Gasteiger partial charge in [-0.05, 0) is 69.7 Å². The largest absolute Gasteiger partial charge is 0.495 e. The van der Waals surface area contributed by atoms with Crippen LogP contribution in [0.3, 0.4) is 0 Å². The molecular formula is C23H27N5O3. The molecule has 0 fully saturated rings. The van der Waals surface area contributed by atoms with E-state index in [4.69, 9.17) is 9.47 Å². The van der Waals surface area contributed by atoms with Gasteiger partial charge in [0, 0.05) is 17.4 Å². The van der Waals surface area contributed by atoms with Gasteiger partial charge in [-0.15, -0.1) is 0 Å². The summed E-state index contributed by atoms with van der Waals surface area (Å²) in [6, 6.07) is 14.3. The van der Waals surface area contributed by atoms with Crippen LogP contribution >= 0.6 is 0 Å². The van der Waals surface area contributed by atoms with Crippen molar-refractivity contribution >= 4 is 28.9 Å². The second kappa shape index (κ2) is 9.80. The Bertz CT molecular complexity index is 1050. The maximum absolute atomic E-state index is 12.4. The fraction of sp³-hybridized carbons (Fsp3) is 0.261. The van der Waals surface area contributed by atoms with Gasteiger partial charge in [-0.1, -0.05) is 6.07 Å². The molecule has 1 heterocycles. The first-order valence-corrected chi connectivity index (χ1v) is 9.94. The lowest BCUT2D eigenvalue weighted by atomic mass is 10.2. The molecular weight excluding hydrogens is 394 g/mol. The van der Waals surface area contributed by atoms with Gasteiger partial charge in [0.25, 0.3) is 0 Å². The van der Waals surface area contributed by atoms with Crippen molar-refractivity contribution in [3.8, 4) is 11.6 Å². The molecule has 0 aliphatic carbocycles. The quantitative estimate of drug-likeness (QED) is 0.480. The Morgan fingerprint density at radius 1 is 0.935 bits per heavy atom. The SMILES string of the molecule is COc1ccc(C)cc1NC(=O)Nc1ccc(Nc2cc(OC(C)C)nc(C)n2)cc1. The molecule has 8 heteroatoms. The molecule has 0 aliphatic heterocycles. The maximum atomic E-state index is 12.4. The zero-order valence-corrected chi connectivity index (χ0v) is 18.3. The summed E-state index contributed by atoms with van der Waals surface area (Å²) in [6.45, 7) is 7.65. The Morgan fingerprint density at radius 3 is 2.32 bits per heavy atom. The fourth-order valence-electron chi connectivity index (χ4n) is 2.90. The van der Waals surface area contributed by atoms with E-state index in [0.717, 1.165) is 11.3 Å². The molecule has 0 bridgehead atoms. The van der Waals surface area contributed by atoms with Crippen molar-refractivity contribution in [2.75, 3.05) is 23.1 Å². The van der Waals surface area contributed by atoms with Crippen LogP contribution in [0, 0.1) is 13.8 Å². The molecule has 2 amide bonds. The summed E-state index contributed by atoms with van der Waals surface area (Å²) >= 11 is 0. The summed E-state index contributed by atoms with van der Waals surface area (Å²) in [7, 11) is 1.57. The minimum atomic E-state index is -0.355. The zero-order chi connectivity index (χ0) is 22.4. The Hall–Kier alpha value is -3.81. The second-order valence-electron chi connectivity index (χ2n) is 7.29. The third-order valence-electron chi connectivity index (χ3n) is 4.19. The summed E-state index contributed by atoms with van der Waals surface area (Å²) in [5.74, 6) is 2.36. The average molecular weight is 422 g/mol. The Balaban J connectivity index is 1.64. The van der Waals surface area contributed by atoms with Crippen LogP contribution in [-0.4, -0.2) is 29.2 Å². The predicted molar refractivity (Wildman–Crippen MR) is 123 cm³/mol. The molecule has 3 rings (SSSR count). The summed E-state index contributed by atoms with van der Waals surface area (Å²) < 4.78 is 10.9. The number of nitrogens with one attached hydrogen (secondary N) is 3. The van der Waals surface area contributed by atoms with Crippen molar-refractivity contribution in [3.05, 3.63) is 59.9 Å². The number of amides is 2. The van der Waals surface area contributed by atoms with Gasteiger partial charge in [-0.2, -0.15) is 4.98 Å². The van der Waals surface area contributed by atoms with Crippen molar-refractivity contribution in [1.82, 2.24) is 9.97 Å². The van der Waals surface area contributed by atoms with Gasteiger partial charge in [0.1, 0.15) is 17.4 Å². The van der Waals surface area contributed by atoms with E-state index in [9.17, 15) is 4.79 Å². The average Bonchev–Trinajstić information content (AvgIpc) is 2.68. The molecule has 3 aromatic rings. The van der Waals surface area contributed by atoms with Crippen LogP contribution in [0.1, 0.15) is 25.2 Å². The van der Waals surface area contributed by atoms with E-state index in [2.05, 4.69) is 25.9 Å². The van der Waals surface area contributed by atoms with E-state index in [0.29, 0.717) is 34.6 Å². The number of nitrogens with zero attached hydrogens (tertiary/aromatic N) is 2. The van der Waals surface area contributed by atoms with E-state index >= 15 is 0 Å². The first kappa shape index (κ1) is 21.9. The van der Waals surface area contributed by atoms with Crippen molar-refractivity contribution in [3.63, 3.8) is 0 Å². The lowest BCUT2D eigenvalue weighted by Gasteiger charge is -2.13. The number of carbonyl (C=O) groups excluding carboxylic acids is 1. The minimum absolute atomic E-state index is 0.0263. The number of aryl methyl sites for hydroxylation is 2. The molecule has 3 N–H and O–H groups in total. The molecule has 0 saturated heterocycles. The van der Waals surface area contributed by atoms with Crippen LogP contribution in [0.25, 0.3) is 0 Å². The number of ether oxygens (including phenoxy) is 2. The first-order chi connectivity index (χ1) is 14.8. The molecule has 2 aromatic carbocycles. The summed E-state index contributed by atoms with van der Waals surface area (Å²) in [6.07, 6.45) is 0.0263. The molecule has 1 aromatic heterocycles. The van der Waals surface area contributed by atoms with Crippen LogP contribution in [-0.2, 0) is 0 Å². The normalized spacial score (nSPS) is 10.5. The zero-order valence-electron chi connectivity index (χ0n) is 18.3. The third kappa shape index (κ3) is 6.33. The predicted octanol–water partition coefficient (Wildman–Crippen LogP) is 5.28. The number of carbonyl (C=O) groups is 1. The number of aromatic nitrogens is 2. The summed E-state index contributed by atoms with van der Waals surface area (Å²) in [4.78, 5) is 21.0. The van der Waals surface area contributed by atoms with Gasteiger partial charge >= 0.3 is 6.03 Å². The third-order valence-corrected chi connectivity index (χ3v) is 4.19. The van der Waals surface area contributed by atoms with E-state index in [1.807, 2.05) is 58.0 Å². The lowest BCUT2D eigenvalue weighted by Crippen LogP contribution is -2.19. The number of hydrogen-bond acceptors (Lipinski definition) is 6. The highest BCUT2D eigenvalue weighted by atomic mass is 16.5. The van der Waals surface area contributed by atoms with E-state index < -0.39 is 0 Å². The highest BCUT2D eigenvalue weighted by Gasteiger charge is 2.09. The standard InChI is InChI=1S/C23H27N5O3/c1-14(2)31-22-13-21(24-16(4)25-22)26-17-7-9-18(10-8-17)27-23(29)28-19-12-15(3)6-11-20(19)30-5/h6-14H,1-5H3,(H,24,25,26)(H2,27,28,29).